The van der Waals surface area contributed by atoms with Gasteiger partial charge in [-0.3, -0.25) is 4.79 Å². The average molecular weight is 360 g/mol. The molecule has 140 valence electrons. The van der Waals surface area contributed by atoms with E-state index in [0.717, 1.165) is 5.56 Å². The largest absolute Gasteiger partial charge is 0.497 e. The van der Waals surface area contributed by atoms with Crippen molar-refractivity contribution < 1.29 is 18.7 Å². The summed E-state index contributed by atoms with van der Waals surface area (Å²) >= 11 is 0. The molecule has 0 heterocycles. The van der Waals surface area contributed by atoms with Gasteiger partial charge in [-0.15, -0.1) is 0 Å². The van der Waals surface area contributed by atoms with E-state index in [1.807, 2.05) is 19.1 Å². The van der Waals surface area contributed by atoms with Crippen LogP contribution in [0.4, 0.5) is 4.39 Å². The topological polar surface area (TPSA) is 73.6 Å². The van der Waals surface area contributed by atoms with Crippen molar-refractivity contribution in [3.63, 3.8) is 0 Å². The minimum atomic E-state index is -0.573. The quantitative estimate of drug-likeness (QED) is 0.758. The van der Waals surface area contributed by atoms with E-state index < -0.39 is 11.9 Å². The van der Waals surface area contributed by atoms with Crippen LogP contribution in [0.1, 0.15) is 36.9 Å². The van der Waals surface area contributed by atoms with E-state index in [1.54, 1.807) is 25.3 Å². The summed E-state index contributed by atoms with van der Waals surface area (Å²) < 4.78 is 24.5. The van der Waals surface area contributed by atoms with E-state index in [4.69, 9.17) is 15.2 Å². The summed E-state index contributed by atoms with van der Waals surface area (Å²) in [6, 6.07) is 10.9. The van der Waals surface area contributed by atoms with Crippen LogP contribution in [0.5, 0.6) is 11.5 Å². The fourth-order valence-electron chi connectivity index (χ4n) is 2.68. The van der Waals surface area contributed by atoms with E-state index in [2.05, 4.69) is 5.32 Å². The Bertz CT molecular complexity index is 750. The second-order valence-electron chi connectivity index (χ2n) is 6.18. The molecule has 2 aromatic rings. The van der Waals surface area contributed by atoms with Crippen LogP contribution >= 0.6 is 0 Å². The predicted octanol–water partition coefficient (Wildman–Crippen LogP) is 3.18. The molecule has 6 heteroatoms. The Hall–Kier alpha value is -2.60. The SMILES string of the molecule is COc1cccc(C(NC(=O)CCC(C)N)c2cc(F)ccc2OC)c1. The van der Waals surface area contributed by atoms with Crippen molar-refractivity contribution in [2.45, 2.75) is 31.8 Å². The molecule has 0 aliphatic rings. The maximum Gasteiger partial charge on any atom is 0.220 e. The summed E-state index contributed by atoms with van der Waals surface area (Å²) in [7, 11) is 3.08. The third-order valence-corrected chi connectivity index (χ3v) is 4.06. The number of halogens is 1. The van der Waals surface area contributed by atoms with Crippen molar-refractivity contribution in [1.82, 2.24) is 5.32 Å². The third kappa shape index (κ3) is 5.20. The number of benzene rings is 2. The van der Waals surface area contributed by atoms with Gasteiger partial charge in [0.25, 0.3) is 0 Å². The summed E-state index contributed by atoms with van der Waals surface area (Å²) in [6.07, 6.45) is 0.854. The van der Waals surface area contributed by atoms with Crippen molar-refractivity contribution in [3.8, 4) is 11.5 Å². The maximum atomic E-state index is 13.9. The lowest BCUT2D eigenvalue weighted by Crippen LogP contribution is -2.31. The Kier molecular flexibility index (Phi) is 6.97. The highest BCUT2D eigenvalue weighted by Gasteiger charge is 2.22. The molecule has 5 nitrogen and oxygen atoms in total. The van der Waals surface area contributed by atoms with Gasteiger partial charge in [-0.1, -0.05) is 12.1 Å². The first kappa shape index (κ1) is 19.7. The molecule has 1 amide bonds. The molecule has 3 N–H and O–H groups in total. The van der Waals surface area contributed by atoms with Crippen LogP contribution < -0.4 is 20.5 Å². The molecule has 0 bridgehead atoms. The molecule has 2 unspecified atom stereocenters. The van der Waals surface area contributed by atoms with Gasteiger partial charge < -0.3 is 20.5 Å². The van der Waals surface area contributed by atoms with Gasteiger partial charge in [-0.25, -0.2) is 4.39 Å². The van der Waals surface area contributed by atoms with Gasteiger partial charge in [0.1, 0.15) is 17.3 Å². The van der Waals surface area contributed by atoms with Gasteiger partial charge in [0, 0.05) is 18.0 Å². The summed E-state index contributed by atoms with van der Waals surface area (Å²) in [5, 5.41) is 2.96. The molecule has 0 aliphatic heterocycles. The molecule has 0 spiro atoms. The minimum Gasteiger partial charge on any atom is -0.497 e. The number of ether oxygens (including phenoxy) is 2. The van der Waals surface area contributed by atoms with E-state index in [1.165, 1.54) is 19.2 Å². The van der Waals surface area contributed by atoms with Crippen LogP contribution in [0.2, 0.25) is 0 Å². The summed E-state index contributed by atoms with van der Waals surface area (Å²) in [6.45, 7) is 1.85. The number of nitrogens with two attached hydrogens (primary N) is 1. The van der Waals surface area contributed by atoms with Crippen LogP contribution in [0, 0.1) is 5.82 Å². The lowest BCUT2D eigenvalue weighted by molar-refractivity contribution is -0.121. The monoisotopic (exact) mass is 360 g/mol. The molecule has 0 aromatic heterocycles. The molecule has 26 heavy (non-hydrogen) atoms. The third-order valence-electron chi connectivity index (χ3n) is 4.06. The van der Waals surface area contributed by atoms with Crippen LogP contribution in [0.25, 0.3) is 0 Å². The highest BCUT2D eigenvalue weighted by Crippen LogP contribution is 2.32. The predicted molar refractivity (Wildman–Crippen MR) is 98.8 cm³/mol. The Morgan fingerprint density at radius 1 is 1.19 bits per heavy atom. The molecule has 0 fully saturated rings. The second kappa shape index (κ2) is 9.20. The van der Waals surface area contributed by atoms with Crippen LogP contribution in [-0.4, -0.2) is 26.2 Å². The van der Waals surface area contributed by atoms with E-state index >= 15 is 0 Å². The average Bonchev–Trinajstić information content (AvgIpc) is 2.64. The first-order chi connectivity index (χ1) is 12.4. The van der Waals surface area contributed by atoms with Gasteiger partial charge >= 0.3 is 0 Å². The molecule has 0 aliphatic carbocycles. The number of rotatable bonds is 8. The highest BCUT2D eigenvalue weighted by atomic mass is 19.1. The Labute approximate surface area is 153 Å². The molecule has 2 aromatic carbocycles. The lowest BCUT2D eigenvalue weighted by Gasteiger charge is -2.22. The van der Waals surface area contributed by atoms with Crippen LogP contribution in [0.15, 0.2) is 42.5 Å². The minimum absolute atomic E-state index is 0.0697. The molecule has 0 radical (unpaired) electrons. The normalized spacial score (nSPS) is 13.0. The van der Waals surface area contributed by atoms with Gasteiger partial charge in [-0.2, -0.15) is 0 Å². The first-order valence-corrected chi connectivity index (χ1v) is 8.47. The second-order valence-corrected chi connectivity index (χ2v) is 6.18. The zero-order valence-electron chi connectivity index (χ0n) is 15.3. The number of hydrogen-bond acceptors (Lipinski definition) is 4. The maximum absolute atomic E-state index is 13.9. The number of carbonyl (C=O) groups is 1. The zero-order chi connectivity index (χ0) is 19.1. The van der Waals surface area contributed by atoms with E-state index in [-0.39, 0.29) is 18.4 Å². The lowest BCUT2D eigenvalue weighted by atomic mass is 9.97. The zero-order valence-corrected chi connectivity index (χ0v) is 15.3. The molecular weight excluding hydrogens is 335 g/mol. The van der Waals surface area contributed by atoms with Crippen molar-refractivity contribution in [3.05, 3.63) is 59.4 Å². The smallest absolute Gasteiger partial charge is 0.220 e. The number of methoxy groups -OCH3 is 2. The fraction of sp³-hybridized carbons (Fsp3) is 0.350. The summed E-state index contributed by atoms with van der Waals surface area (Å²) in [5.74, 6) is 0.569. The standard InChI is InChI=1S/C20H25FN2O3/c1-13(22)7-10-19(24)23-20(14-5-4-6-16(11-14)25-2)17-12-15(21)8-9-18(17)26-3/h4-6,8-9,11-13,20H,7,10,22H2,1-3H3,(H,23,24). The number of carbonyl (C=O) groups excluding carboxylic acids is 1. The van der Waals surface area contributed by atoms with Gasteiger partial charge in [-0.05, 0) is 49.2 Å². The summed E-state index contributed by atoms with van der Waals surface area (Å²) in [5.41, 5.74) is 7.03. The summed E-state index contributed by atoms with van der Waals surface area (Å²) in [4.78, 5) is 12.4. The van der Waals surface area contributed by atoms with Gasteiger partial charge in [0.2, 0.25) is 5.91 Å². The fourth-order valence-corrected chi connectivity index (χ4v) is 2.68. The Morgan fingerprint density at radius 2 is 1.96 bits per heavy atom. The molecule has 0 saturated carbocycles. The van der Waals surface area contributed by atoms with Crippen molar-refractivity contribution in [1.29, 1.82) is 0 Å². The van der Waals surface area contributed by atoms with Crippen molar-refractivity contribution in [2.75, 3.05) is 14.2 Å². The van der Waals surface area contributed by atoms with E-state index in [9.17, 15) is 9.18 Å². The van der Waals surface area contributed by atoms with E-state index in [0.29, 0.717) is 23.5 Å². The molecule has 0 saturated heterocycles. The van der Waals surface area contributed by atoms with Gasteiger partial charge in [0.05, 0.1) is 20.3 Å². The van der Waals surface area contributed by atoms with Crippen molar-refractivity contribution >= 4 is 5.91 Å². The van der Waals surface area contributed by atoms with Crippen LogP contribution in [-0.2, 0) is 4.79 Å². The highest BCUT2D eigenvalue weighted by molar-refractivity contribution is 5.77. The molecule has 2 atom stereocenters. The number of amides is 1. The number of hydrogen-bond donors (Lipinski definition) is 2. The van der Waals surface area contributed by atoms with Gasteiger partial charge in [0.15, 0.2) is 0 Å². The Balaban J connectivity index is 2.41. The molecular formula is C20H25FN2O3. The van der Waals surface area contributed by atoms with Crippen LogP contribution in [0.3, 0.4) is 0 Å². The first-order valence-electron chi connectivity index (χ1n) is 8.47. The Morgan fingerprint density at radius 3 is 2.62 bits per heavy atom. The van der Waals surface area contributed by atoms with Crippen molar-refractivity contribution in [2.24, 2.45) is 5.73 Å². The molecule has 2 rings (SSSR count). The number of nitrogens with one attached hydrogen (secondary N) is 1.